The van der Waals surface area contributed by atoms with E-state index in [1.165, 1.54) is 42.5 Å². The molecule has 3 aromatic rings. The van der Waals surface area contributed by atoms with Crippen molar-refractivity contribution in [1.82, 2.24) is 0 Å². The van der Waals surface area contributed by atoms with Crippen LogP contribution in [-0.4, -0.2) is 22.6 Å². The minimum absolute atomic E-state index is 0.0301. The van der Waals surface area contributed by atoms with Crippen molar-refractivity contribution in [2.24, 2.45) is 0 Å². The highest BCUT2D eigenvalue weighted by Crippen LogP contribution is 2.34. The first kappa shape index (κ1) is 20.2. The second-order valence-electron chi connectivity index (χ2n) is 6.86. The average molecular weight is 436 g/mol. The quantitative estimate of drug-likeness (QED) is 0.365. The number of nitrogens with zero attached hydrogens (tertiary/aromatic N) is 2. The molecule has 8 nitrogen and oxygen atoms in total. The van der Waals surface area contributed by atoms with Gasteiger partial charge in [-0.3, -0.25) is 24.5 Å². The molecule has 9 heteroatoms. The maximum Gasteiger partial charge on any atom is 0.283 e. The predicted molar refractivity (Wildman–Crippen MR) is 115 cm³/mol. The molecule has 0 unspecified atom stereocenters. The third-order valence-corrected chi connectivity index (χ3v) is 5.16. The van der Waals surface area contributed by atoms with Crippen molar-refractivity contribution >= 4 is 46.4 Å². The van der Waals surface area contributed by atoms with Gasteiger partial charge in [-0.2, -0.15) is 0 Å². The summed E-state index contributed by atoms with van der Waals surface area (Å²) in [6, 6.07) is 14.8. The van der Waals surface area contributed by atoms with Crippen LogP contribution in [0.2, 0.25) is 5.02 Å². The zero-order chi connectivity index (χ0) is 22.3. The van der Waals surface area contributed by atoms with Gasteiger partial charge in [0.05, 0.1) is 16.2 Å². The molecule has 31 heavy (non-hydrogen) atoms. The number of nitro groups is 1. The summed E-state index contributed by atoms with van der Waals surface area (Å²) in [4.78, 5) is 49.4. The molecule has 0 saturated heterocycles. The fourth-order valence-corrected chi connectivity index (χ4v) is 3.51. The number of nitrogens with one attached hydrogen (secondary N) is 1. The predicted octanol–water partition coefficient (Wildman–Crippen LogP) is 4.61. The summed E-state index contributed by atoms with van der Waals surface area (Å²) in [7, 11) is 0. The van der Waals surface area contributed by atoms with Gasteiger partial charge in [-0.1, -0.05) is 23.7 Å². The molecule has 3 aromatic carbocycles. The van der Waals surface area contributed by atoms with Crippen LogP contribution in [-0.2, 0) is 0 Å². The van der Waals surface area contributed by atoms with E-state index in [0.717, 1.165) is 10.5 Å². The standard InChI is InChI=1S/C22H14ClN3O5/c1-12-5-8-14(23)11-17(12)24-20(27)13-6-9-15(10-7-13)25-21(28)16-3-2-4-18(26(30)31)19(16)22(25)29/h2-11H,1H3,(H,24,27). The number of carbonyl (C=O) groups excluding carboxylic acids is 3. The number of halogens is 1. The number of rotatable bonds is 4. The maximum atomic E-state index is 12.8. The summed E-state index contributed by atoms with van der Waals surface area (Å²) in [6.45, 7) is 1.83. The first-order chi connectivity index (χ1) is 14.8. The van der Waals surface area contributed by atoms with Gasteiger partial charge >= 0.3 is 0 Å². The van der Waals surface area contributed by atoms with Gasteiger partial charge in [0.2, 0.25) is 0 Å². The smallest absolute Gasteiger partial charge is 0.283 e. The molecular formula is C22H14ClN3O5. The lowest BCUT2D eigenvalue weighted by Gasteiger charge is -2.14. The Balaban J connectivity index is 1.60. The minimum Gasteiger partial charge on any atom is -0.322 e. The molecule has 3 amide bonds. The number of hydrogen-bond donors (Lipinski definition) is 1. The van der Waals surface area contributed by atoms with Crippen molar-refractivity contribution in [2.45, 2.75) is 6.92 Å². The van der Waals surface area contributed by atoms with Crippen LogP contribution < -0.4 is 10.2 Å². The van der Waals surface area contributed by atoms with Crippen molar-refractivity contribution in [2.75, 3.05) is 10.2 Å². The fourth-order valence-electron chi connectivity index (χ4n) is 3.34. The molecule has 1 N–H and O–H groups in total. The van der Waals surface area contributed by atoms with E-state index in [1.807, 2.05) is 6.92 Å². The summed E-state index contributed by atoms with van der Waals surface area (Å²) in [5.74, 6) is -1.83. The Morgan fingerprint density at radius 3 is 2.42 bits per heavy atom. The lowest BCUT2D eigenvalue weighted by Crippen LogP contribution is -2.29. The number of benzene rings is 3. The monoisotopic (exact) mass is 435 g/mol. The van der Waals surface area contributed by atoms with Gasteiger partial charge in [0.25, 0.3) is 23.4 Å². The molecular weight excluding hydrogens is 422 g/mol. The van der Waals surface area contributed by atoms with E-state index in [1.54, 1.807) is 18.2 Å². The van der Waals surface area contributed by atoms with E-state index in [4.69, 9.17) is 11.6 Å². The highest BCUT2D eigenvalue weighted by molar-refractivity contribution is 6.35. The second-order valence-corrected chi connectivity index (χ2v) is 7.30. The molecule has 0 aliphatic carbocycles. The third-order valence-electron chi connectivity index (χ3n) is 4.93. The van der Waals surface area contributed by atoms with Crippen molar-refractivity contribution in [1.29, 1.82) is 0 Å². The van der Waals surface area contributed by atoms with Gasteiger partial charge in [-0.25, -0.2) is 4.90 Å². The van der Waals surface area contributed by atoms with Crippen LogP contribution in [0.4, 0.5) is 17.1 Å². The Hall–Kier alpha value is -4.04. The normalized spacial score (nSPS) is 12.6. The van der Waals surface area contributed by atoms with Crippen LogP contribution in [0.5, 0.6) is 0 Å². The Morgan fingerprint density at radius 1 is 1.03 bits per heavy atom. The zero-order valence-corrected chi connectivity index (χ0v) is 16.8. The zero-order valence-electron chi connectivity index (χ0n) is 16.1. The molecule has 154 valence electrons. The molecule has 0 saturated carbocycles. The van der Waals surface area contributed by atoms with E-state index >= 15 is 0 Å². The highest BCUT2D eigenvalue weighted by atomic mass is 35.5. The summed E-state index contributed by atoms with van der Waals surface area (Å²) in [5, 5.41) is 14.5. The molecule has 0 spiro atoms. The van der Waals surface area contributed by atoms with Gasteiger partial charge in [-0.15, -0.1) is 0 Å². The number of hydrogen-bond acceptors (Lipinski definition) is 5. The van der Waals surface area contributed by atoms with E-state index in [-0.39, 0.29) is 16.8 Å². The van der Waals surface area contributed by atoms with E-state index in [9.17, 15) is 24.5 Å². The average Bonchev–Trinajstić information content (AvgIpc) is 3.01. The molecule has 0 fully saturated rings. The molecule has 0 atom stereocenters. The van der Waals surface area contributed by atoms with Crippen molar-refractivity contribution in [3.05, 3.63) is 98.1 Å². The van der Waals surface area contributed by atoms with Crippen LogP contribution in [0, 0.1) is 17.0 Å². The van der Waals surface area contributed by atoms with Gasteiger partial charge in [0.15, 0.2) is 0 Å². The van der Waals surface area contributed by atoms with Crippen LogP contribution in [0.15, 0.2) is 60.7 Å². The van der Waals surface area contributed by atoms with E-state index < -0.39 is 28.3 Å². The van der Waals surface area contributed by atoms with Crippen molar-refractivity contribution < 1.29 is 19.3 Å². The Bertz CT molecular complexity index is 1270. The summed E-state index contributed by atoms with van der Waals surface area (Å²) < 4.78 is 0. The van der Waals surface area contributed by atoms with Gasteiger partial charge in [0.1, 0.15) is 5.56 Å². The number of fused-ring (bicyclic) bond motifs is 1. The SMILES string of the molecule is Cc1ccc(Cl)cc1NC(=O)c1ccc(N2C(=O)c3cccc([N+](=O)[O-])c3C2=O)cc1. The second kappa shape index (κ2) is 7.66. The molecule has 1 heterocycles. The van der Waals surface area contributed by atoms with Gasteiger partial charge in [0, 0.05) is 22.3 Å². The molecule has 4 rings (SSSR count). The number of anilines is 2. The van der Waals surface area contributed by atoms with Crippen molar-refractivity contribution in [3.8, 4) is 0 Å². The largest absolute Gasteiger partial charge is 0.322 e. The summed E-state index contributed by atoms with van der Waals surface area (Å²) >= 11 is 5.97. The minimum atomic E-state index is -0.779. The van der Waals surface area contributed by atoms with Gasteiger partial charge in [-0.05, 0) is 55.0 Å². The van der Waals surface area contributed by atoms with E-state index in [0.29, 0.717) is 16.3 Å². The number of amides is 3. The molecule has 0 bridgehead atoms. The van der Waals surface area contributed by atoms with Gasteiger partial charge < -0.3 is 5.32 Å². The lowest BCUT2D eigenvalue weighted by molar-refractivity contribution is -0.385. The number of aryl methyl sites for hydroxylation is 1. The Labute approximate surface area is 181 Å². The highest BCUT2D eigenvalue weighted by Gasteiger charge is 2.41. The van der Waals surface area contributed by atoms with Crippen LogP contribution in [0.25, 0.3) is 0 Å². The Kier molecular flexibility index (Phi) is 5.00. The van der Waals surface area contributed by atoms with Crippen molar-refractivity contribution in [3.63, 3.8) is 0 Å². The van der Waals surface area contributed by atoms with E-state index in [2.05, 4.69) is 5.32 Å². The van der Waals surface area contributed by atoms with Crippen LogP contribution in [0.3, 0.4) is 0 Å². The topological polar surface area (TPSA) is 110 Å². The third kappa shape index (κ3) is 3.53. The molecule has 0 radical (unpaired) electrons. The first-order valence-electron chi connectivity index (χ1n) is 9.11. The number of nitro benzene ring substituents is 1. The molecule has 1 aliphatic heterocycles. The van der Waals surface area contributed by atoms with Crippen LogP contribution >= 0.6 is 11.6 Å². The number of carbonyl (C=O) groups is 3. The lowest BCUT2D eigenvalue weighted by atomic mass is 10.1. The summed E-state index contributed by atoms with van der Waals surface area (Å²) in [6.07, 6.45) is 0. The summed E-state index contributed by atoms with van der Waals surface area (Å²) in [5.41, 5.74) is 1.21. The van der Waals surface area contributed by atoms with Crippen LogP contribution in [0.1, 0.15) is 36.6 Å². The Morgan fingerprint density at radius 2 is 1.74 bits per heavy atom. The fraction of sp³-hybridized carbons (Fsp3) is 0.0455. The number of imide groups is 1. The first-order valence-corrected chi connectivity index (χ1v) is 9.49. The maximum absolute atomic E-state index is 12.8. The molecule has 0 aromatic heterocycles. The molecule has 1 aliphatic rings.